The zero-order valence-corrected chi connectivity index (χ0v) is 41.1. The van der Waals surface area contributed by atoms with Gasteiger partial charge >= 0.3 is 6.03 Å². The molecule has 0 bridgehead atoms. The molecule has 7 aliphatic heterocycles. The second-order valence-corrected chi connectivity index (χ2v) is 21.5. The highest BCUT2D eigenvalue weighted by molar-refractivity contribution is 6.04. The first-order valence-corrected chi connectivity index (χ1v) is 26.5. The van der Waals surface area contributed by atoms with Crippen LogP contribution in [0.25, 0.3) is 11.3 Å². The Labute approximate surface area is 417 Å². The number of nitrogens with zero attached hydrogens (tertiary/aromatic N) is 7. The maximum absolute atomic E-state index is 13.8. The van der Waals surface area contributed by atoms with Crippen LogP contribution in [-0.2, 0) is 11.3 Å². The Kier molecular flexibility index (Phi) is 13.6. The number of nitrogens with two attached hydrogens (primary N) is 1. The Morgan fingerprint density at radius 2 is 1.37 bits per heavy atom. The molecule has 11 rings (SSSR count). The zero-order valence-electron chi connectivity index (χ0n) is 41.1. The number of allylic oxidation sites excluding steroid dienone is 1. The normalized spacial score (nSPS) is 23.3. The van der Waals surface area contributed by atoms with Crippen molar-refractivity contribution in [2.75, 3.05) is 77.3 Å². The van der Waals surface area contributed by atoms with E-state index < -0.39 is 11.9 Å². The number of primary amides is 1. The average molecular weight is 963 g/mol. The number of urea groups is 1. The molecular formula is C56H70N10O5. The van der Waals surface area contributed by atoms with Crippen molar-refractivity contribution in [1.82, 2.24) is 39.6 Å². The summed E-state index contributed by atoms with van der Waals surface area (Å²) in [7, 11) is 0. The summed E-state index contributed by atoms with van der Waals surface area (Å²) >= 11 is 0. The minimum atomic E-state index is -0.477. The van der Waals surface area contributed by atoms with Gasteiger partial charge in [0.05, 0.1) is 6.04 Å². The smallest absolute Gasteiger partial charge is 0.319 e. The fraction of sp³-hybridized carbons (Fsp3) is 0.518. The van der Waals surface area contributed by atoms with Crippen LogP contribution in [0.5, 0.6) is 11.5 Å². The molecule has 2 unspecified atom stereocenters. The first-order chi connectivity index (χ1) is 34.6. The van der Waals surface area contributed by atoms with E-state index in [1.54, 1.807) is 4.90 Å². The second-order valence-electron chi connectivity index (χ2n) is 21.5. The maximum Gasteiger partial charge on any atom is 0.319 e. The van der Waals surface area contributed by atoms with Crippen LogP contribution in [0, 0.1) is 17.8 Å². The molecule has 15 nitrogen and oxygen atoms in total. The number of carbonyl (C=O) groups excluding carboxylic acids is 4. The van der Waals surface area contributed by atoms with Gasteiger partial charge < -0.3 is 45.6 Å². The number of nitrogens with one attached hydrogen (secondary N) is 2. The summed E-state index contributed by atoms with van der Waals surface area (Å²) in [6, 6.07) is 23.7. The molecule has 2 atom stereocenters. The lowest BCUT2D eigenvalue weighted by molar-refractivity contribution is -0.126. The molecule has 0 saturated carbocycles. The van der Waals surface area contributed by atoms with Gasteiger partial charge in [-0.3, -0.25) is 14.4 Å². The molecule has 71 heavy (non-hydrogen) atoms. The first-order valence-electron chi connectivity index (χ1n) is 26.5. The quantitative estimate of drug-likeness (QED) is 0.137. The number of fused-ring (bicyclic) bond motifs is 2. The topological polar surface area (TPSA) is 162 Å². The Morgan fingerprint density at radius 3 is 2.00 bits per heavy atom. The molecule has 4 aromatic rings. The SMILES string of the molecule is C=C1CCC(N2Cc3cc(C4CCN(CC5CCN(C(=O)N6CCC(CN7CCC(C8CCNc9c(C(N)=O)c(-c%10ccc(Oc%11ccccc%11)cc%10)nn98)CC7)CC6)CC5)CC4)ccc3C2=O)C(=O)N1. The number of rotatable bonds is 11. The van der Waals surface area contributed by atoms with Crippen LogP contribution < -0.4 is 21.1 Å². The van der Waals surface area contributed by atoms with Gasteiger partial charge in [-0.15, -0.1) is 0 Å². The molecule has 374 valence electrons. The molecule has 5 amide bonds. The fourth-order valence-electron chi connectivity index (χ4n) is 12.9. The molecule has 0 radical (unpaired) electrons. The van der Waals surface area contributed by atoms with Crippen molar-refractivity contribution < 1.29 is 23.9 Å². The van der Waals surface area contributed by atoms with E-state index in [1.807, 2.05) is 60.7 Å². The van der Waals surface area contributed by atoms with E-state index in [4.69, 9.17) is 15.6 Å². The molecular weight excluding hydrogens is 893 g/mol. The summed E-state index contributed by atoms with van der Waals surface area (Å²) in [6.07, 6.45) is 10.9. The lowest BCUT2D eigenvalue weighted by Crippen LogP contribution is -2.51. The molecule has 3 aromatic carbocycles. The number of likely N-dealkylation sites (tertiary alicyclic amines) is 4. The van der Waals surface area contributed by atoms with Crippen molar-refractivity contribution in [3.05, 3.63) is 107 Å². The summed E-state index contributed by atoms with van der Waals surface area (Å²) in [5.74, 6) is 3.72. The highest BCUT2D eigenvalue weighted by Gasteiger charge is 2.40. The summed E-state index contributed by atoms with van der Waals surface area (Å²) in [5.41, 5.74) is 11.7. The van der Waals surface area contributed by atoms with Gasteiger partial charge in [0.15, 0.2) is 0 Å². The molecule has 7 aliphatic rings. The summed E-state index contributed by atoms with van der Waals surface area (Å²) < 4.78 is 8.07. The van der Waals surface area contributed by atoms with Gasteiger partial charge in [-0.2, -0.15) is 5.10 Å². The van der Waals surface area contributed by atoms with E-state index in [2.05, 4.69) is 53.6 Å². The van der Waals surface area contributed by atoms with Gasteiger partial charge in [0.2, 0.25) is 5.91 Å². The van der Waals surface area contributed by atoms with Crippen LogP contribution in [-0.4, -0.2) is 136 Å². The molecule has 8 heterocycles. The molecule has 0 aliphatic carbocycles. The van der Waals surface area contributed by atoms with E-state index in [-0.39, 0.29) is 23.9 Å². The molecule has 1 aromatic heterocycles. The monoisotopic (exact) mass is 963 g/mol. The Bertz CT molecular complexity index is 2600. The van der Waals surface area contributed by atoms with E-state index in [0.717, 1.165) is 164 Å². The minimum absolute atomic E-state index is 0.0386. The summed E-state index contributed by atoms with van der Waals surface area (Å²) in [4.78, 5) is 63.9. The van der Waals surface area contributed by atoms with Crippen molar-refractivity contribution >= 4 is 29.6 Å². The molecule has 5 fully saturated rings. The largest absolute Gasteiger partial charge is 0.457 e. The lowest BCUT2D eigenvalue weighted by Gasteiger charge is -2.42. The number of para-hydroxylation sites is 1. The maximum atomic E-state index is 13.8. The van der Waals surface area contributed by atoms with Crippen LogP contribution in [0.3, 0.4) is 0 Å². The van der Waals surface area contributed by atoms with Gasteiger partial charge in [0, 0.05) is 69.2 Å². The number of ether oxygens (including phenoxy) is 1. The fourth-order valence-corrected chi connectivity index (χ4v) is 12.9. The average Bonchev–Trinajstić information content (AvgIpc) is 3.95. The van der Waals surface area contributed by atoms with Crippen molar-refractivity contribution in [3.63, 3.8) is 0 Å². The van der Waals surface area contributed by atoms with Crippen molar-refractivity contribution in [2.45, 2.75) is 95.2 Å². The van der Waals surface area contributed by atoms with Crippen LogP contribution in [0.2, 0.25) is 0 Å². The van der Waals surface area contributed by atoms with Crippen molar-refractivity contribution in [1.29, 1.82) is 0 Å². The summed E-state index contributed by atoms with van der Waals surface area (Å²) in [5, 5.41) is 11.4. The number of amides is 5. The van der Waals surface area contributed by atoms with Gasteiger partial charge in [-0.1, -0.05) is 36.9 Å². The van der Waals surface area contributed by atoms with Crippen LogP contribution in [0.1, 0.15) is 114 Å². The minimum Gasteiger partial charge on any atom is -0.457 e. The number of anilines is 1. The predicted octanol–water partition coefficient (Wildman–Crippen LogP) is 7.68. The van der Waals surface area contributed by atoms with E-state index >= 15 is 0 Å². The van der Waals surface area contributed by atoms with E-state index in [9.17, 15) is 19.2 Å². The standard InChI is InChI=1S/C56H70N10O5/c1-37-7-14-49(54(68)59-37)65-36-44-33-43(10-13-47(44)55(65)69)40-20-25-61(26-21-40)34-38-16-29-63(30-17-38)56(70)64-31-18-39(19-32-64)35-62-27-22-41(23-28-62)48-15-24-58-53-50(52(57)67)51(60-66(48)53)42-8-11-46(12-9-42)71-45-5-3-2-4-6-45/h2-6,8-13,33,38-41,48-49,58H,1,7,14-32,34-36H2,(H2,57,67)(H,59,68). The highest BCUT2D eigenvalue weighted by atomic mass is 16.5. The third kappa shape index (κ3) is 10.0. The van der Waals surface area contributed by atoms with Crippen molar-refractivity contribution in [2.24, 2.45) is 23.5 Å². The Hall–Kier alpha value is -6.19. The number of aromatic nitrogens is 2. The molecule has 15 heteroatoms. The predicted molar refractivity (Wildman–Crippen MR) is 273 cm³/mol. The van der Waals surface area contributed by atoms with Gasteiger partial charge in [0.1, 0.15) is 34.6 Å². The highest BCUT2D eigenvalue weighted by Crippen LogP contribution is 2.41. The van der Waals surface area contributed by atoms with Crippen LogP contribution >= 0.6 is 0 Å². The third-order valence-electron chi connectivity index (χ3n) is 17.0. The Morgan fingerprint density at radius 1 is 0.732 bits per heavy atom. The summed E-state index contributed by atoms with van der Waals surface area (Å²) in [6.45, 7) is 14.9. The van der Waals surface area contributed by atoms with Crippen LogP contribution in [0.15, 0.2) is 85.1 Å². The Balaban J connectivity index is 0.597. The molecule has 4 N–H and O–H groups in total. The number of benzene rings is 3. The molecule has 5 saturated heterocycles. The van der Waals surface area contributed by atoms with E-state index in [1.165, 1.54) is 5.56 Å². The second kappa shape index (κ2) is 20.5. The number of hydrogen-bond donors (Lipinski definition) is 3. The molecule has 0 spiro atoms. The number of hydrogen-bond acceptors (Lipinski definition) is 9. The third-order valence-corrected chi connectivity index (χ3v) is 17.0. The van der Waals surface area contributed by atoms with Gasteiger partial charge in [0.25, 0.3) is 11.8 Å². The van der Waals surface area contributed by atoms with Crippen molar-refractivity contribution in [3.8, 4) is 22.8 Å². The number of piperidine rings is 5. The lowest BCUT2D eigenvalue weighted by atomic mass is 9.86. The first kappa shape index (κ1) is 47.2. The van der Waals surface area contributed by atoms with Gasteiger partial charge in [-0.25, -0.2) is 9.48 Å². The van der Waals surface area contributed by atoms with E-state index in [0.29, 0.717) is 60.1 Å². The zero-order chi connectivity index (χ0) is 48.6. The van der Waals surface area contributed by atoms with Gasteiger partial charge in [-0.05, 0) is 174 Å². The number of carbonyl (C=O) groups is 4. The van der Waals surface area contributed by atoms with Crippen LogP contribution in [0.4, 0.5) is 10.6 Å².